The van der Waals surface area contributed by atoms with E-state index in [4.69, 9.17) is 4.89 Å². The molecule has 0 heterocycles. The van der Waals surface area contributed by atoms with Gasteiger partial charge in [0.25, 0.3) is 0 Å². The van der Waals surface area contributed by atoms with Crippen molar-refractivity contribution in [3.8, 4) is 5.75 Å². The van der Waals surface area contributed by atoms with E-state index in [-0.39, 0.29) is 0 Å². The molecule has 1 aromatic rings. The van der Waals surface area contributed by atoms with Gasteiger partial charge in [-0.2, -0.15) is 4.39 Å². The van der Waals surface area contributed by atoms with Gasteiger partial charge in [-0.25, -0.2) is 8.96 Å². The molecule has 0 fully saturated rings. The molecule has 0 amide bonds. The van der Waals surface area contributed by atoms with Crippen molar-refractivity contribution >= 4 is 7.82 Å². The summed E-state index contributed by atoms with van der Waals surface area (Å²) in [6, 6.07) is 2.97. The Morgan fingerprint density at radius 2 is 2.13 bits per heavy atom. The van der Waals surface area contributed by atoms with Crippen LogP contribution in [0.25, 0.3) is 0 Å². The summed E-state index contributed by atoms with van der Waals surface area (Å²) in [6.45, 7) is 3.03. The van der Waals surface area contributed by atoms with E-state index in [0.717, 1.165) is 18.2 Å². The van der Waals surface area contributed by atoms with E-state index >= 15 is 0 Å². The van der Waals surface area contributed by atoms with Crippen molar-refractivity contribution in [2.45, 2.75) is 0 Å². The van der Waals surface area contributed by atoms with Crippen molar-refractivity contribution in [3.63, 3.8) is 0 Å². The first kappa shape index (κ1) is 11.7. The van der Waals surface area contributed by atoms with Gasteiger partial charge < -0.3 is 9.05 Å². The van der Waals surface area contributed by atoms with Gasteiger partial charge in [0.15, 0.2) is 11.6 Å². The molecule has 1 atom stereocenters. The van der Waals surface area contributed by atoms with E-state index in [2.05, 4.69) is 15.6 Å². The molecule has 1 N–H and O–H groups in total. The number of phosphoric acid groups is 1. The molecule has 15 heavy (non-hydrogen) atoms. The summed E-state index contributed by atoms with van der Waals surface area (Å²) in [7, 11) is -4.49. The Bertz CT molecular complexity index is 421. The molecule has 0 aliphatic carbocycles. The third-order valence-corrected chi connectivity index (χ3v) is 2.18. The zero-order chi connectivity index (χ0) is 11.5. The number of phosphoric ester groups is 1. The third-order valence-electron chi connectivity index (χ3n) is 1.34. The van der Waals surface area contributed by atoms with Gasteiger partial charge in [-0.15, -0.1) is 0 Å². The lowest BCUT2D eigenvalue weighted by molar-refractivity contribution is 0.261. The van der Waals surface area contributed by atoms with Gasteiger partial charge in [0.05, 0.1) is 6.26 Å². The van der Waals surface area contributed by atoms with E-state index in [1.54, 1.807) is 0 Å². The predicted molar refractivity (Wildman–Crippen MR) is 48.1 cm³/mol. The molecule has 1 unspecified atom stereocenters. The molecule has 82 valence electrons. The average Bonchev–Trinajstić information content (AvgIpc) is 2.12. The second-order valence-electron chi connectivity index (χ2n) is 2.38. The molecule has 0 saturated heterocycles. The van der Waals surface area contributed by atoms with Crippen molar-refractivity contribution in [2.24, 2.45) is 0 Å². The van der Waals surface area contributed by atoms with Gasteiger partial charge in [0.2, 0.25) is 5.82 Å². The van der Waals surface area contributed by atoms with Crippen LogP contribution < -0.4 is 4.52 Å². The third kappa shape index (κ3) is 3.04. The summed E-state index contributed by atoms with van der Waals surface area (Å²) in [6.07, 6.45) is 0.665. The fourth-order valence-corrected chi connectivity index (χ4v) is 1.42. The molecule has 0 bridgehead atoms. The lowest BCUT2D eigenvalue weighted by Gasteiger charge is -2.11. The van der Waals surface area contributed by atoms with Gasteiger partial charge in [0, 0.05) is 0 Å². The highest BCUT2D eigenvalue weighted by atomic mass is 31.2. The van der Waals surface area contributed by atoms with Gasteiger partial charge in [0.1, 0.15) is 0 Å². The standard InChI is InChI=1S/C8H7F2O4P/c1-2-13-15(11,12)14-7-5-3-4-6(9)8(7)10/h2-5H,1H2,(H,11,12). The Morgan fingerprint density at radius 1 is 1.47 bits per heavy atom. The molecule has 0 radical (unpaired) electrons. The van der Waals surface area contributed by atoms with Crippen LogP contribution in [-0.4, -0.2) is 4.89 Å². The fraction of sp³-hybridized carbons (Fsp3) is 0. The molecule has 0 saturated carbocycles. The zero-order valence-electron chi connectivity index (χ0n) is 7.39. The predicted octanol–water partition coefficient (Wildman–Crippen LogP) is 2.60. The highest BCUT2D eigenvalue weighted by Gasteiger charge is 2.25. The maximum Gasteiger partial charge on any atom is 0.584 e. The number of hydrogen-bond acceptors (Lipinski definition) is 3. The Morgan fingerprint density at radius 3 is 2.73 bits per heavy atom. The largest absolute Gasteiger partial charge is 0.584 e. The summed E-state index contributed by atoms with van der Waals surface area (Å²) in [5, 5.41) is 0. The molecule has 0 aromatic heterocycles. The lowest BCUT2D eigenvalue weighted by atomic mass is 10.3. The molecule has 0 aliphatic heterocycles. The molecular weight excluding hydrogens is 229 g/mol. The van der Waals surface area contributed by atoms with Gasteiger partial charge in [-0.05, 0) is 12.1 Å². The summed E-state index contributed by atoms with van der Waals surface area (Å²) >= 11 is 0. The van der Waals surface area contributed by atoms with Crippen molar-refractivity contribution in [1.82, 2.24) is 0 Å². The molecular formula is C8H7F2O4P. The van der Waals surface area contributed by atoms with Crippen LogP contribution in [0.1, 0.15) is 0 Å². The Hall–Kier alpha value is -1.39. The monoisotopic (exact) mass is 236 g/mol. The van der Waals surface area contributed by atoms with Crippen molar-refractivity contribution in [3.05, 3.63) is 42.7 Å². The molecule has 0 spiro atoms. The topological polar surface area (TPSA) is 55.8 Å². The van der Waals surface area contributed by atoms with Crippen LogP contribution in [0.3, 0.4) is 0 Å². The number of halogens is 2. The number of hydrogen-bond donors (Lipinski definition) is 1. The minimum absolute atomic E-state index is 0.665. The van der Waals surface area contributed by atoms with Crippen LogP contribution >= 0.6 is 7.82 Å². The van der Waals surface area contributed by atoms with Gasteiger partial charge >= 0.3 is 7.82 Å². The maximum atomic E-state index is 13.0. The fourth-order valence-electron chi connectivity index (χ4n) is 0.795. The smallest absolute Gasteiger partial charge is 0.404 e. The molecule has 4 nitrogen and oxygen atoms in total. The van der Waals surface area contributed by atoms with Gasteiger partial charge in [-0.3, -0.25) is 4.89 Å². The number of benzene rings is 1. The Labute approximate surface area is 84.4 Å². The van der Waals surface area contributed by atoms with E-state index in [1.165, 1.54) is 0 Å². The molecule has 0 aliphatic rings. The molecule has 1 aromatic carbocycles. The minimum Gasteiger partial charge on any atom is -0.404 e. The zero-order valence-corrected chi connectivity index (χ0v) is 8.29. The van der Waals surface area contributed by atoms with Crippen molar-refractivity contribution in [1.29, 1.82) is 0 Å². The highest BCUT2D eigenvalue weighted by Crippen LogP contribution is 2.44. The van der Waals surface area contributed by atoms with Crippen LogP contribution in [0, 0.1) is 11.6 Å². The quantitative estimate of drug-likeness (QED) is 0.644. The van der Waals surface area contributed by atoms with Crippen LogP contribution in [0.4, 0.5) is 8.78 Å². The Balaban J connectivity index is 2.94. The lowest BCUT2D eigenvalue weighted by Crippen LogP contribution is -1.96. The summed E-state index contributed by atoms with van der Waals surface area (Å²) in [5.74, 6) is -3.26. The van der Waals surface area contributed by atoms with E-state index in [1.807, 2.05) is 0 Å². The van der Waals surface area contributed by atoms with Crippen LogP contribution in [0.2, 0.25) is 0 Å². The van der Waals surface area contributed by atoms with Gasteiger partial charge in [-0.1, -0.05) is 12.6 Å². The summed E-state index contributed by atoms with van der Waals surface area (Å²) in [5.41, 5.74) is 0. The van der Waals surface area contributed by atoms with E-state index < -0.39 is 25.2 Å². The summed E-state index contributed by atoms with van der Waals surface area (Å²) in [4.78, 5) is 8.93. The van der Waals surface area contributed by atoms with Crippen LogP contribution in [-0.2, 0) is 9.09 Å². The van der Waals surface area contributed by atoms with Crippen LogP contribution in [0.5, 0.6) is 5.75 Å². The normalized spacial score (nSPS) is 14.1. The first-order valence-corrected chi connectivity index (χ1v) is 5.21. The number of rotatable bonds is 4. The van der Waals surface area contributed by atoms with E-state index in [9.17, 15) is 13.3 Å². The SMILES string of the molecule is C=COP(=O)(O)Oc1cccc(F)c1F. The maximum absolute atomic E-state index is 13.0. The van der Waals surface area contributed by atoms with Crippen molar-refractivity contribution < 1.29 is 27.3 Å². The highest BCUT2D eigenvalue weighted by molar-refractivity contribution is 7.47. The van der Waals surface area contributed by atoms with E-state index in [0.29, 0.717) is 6.26 Å². The van der Waals surface area contributed by atoms with Crippen LogP contribution in [0.15, 0.2) is 31.0 Å². The molecule has 1 rings (SSSR count). The first-order valence-electron chi connectivity index (χ1n) is 3.72. The Kier molecular flexibility index (Phi) is 3.44. The summed E-state index contributed by atoms with van der Waals surface area (Å²) < 4.78 is 45.0. The second kappa shape index (κ2) is 4.42. The minimum atomic E-state index is -4.49. The molecule has 7 heteroatoms. The van der Waals surface area contributed by atoms with Crippen molar-refractivity contribution in [2.75, 3.05) is 0 Å². The second-order valence-corrected chi connectivity index (χ2v) is 3.71. The first-order chi connectivity index (χ1) is 6.96. The average molecular weight is 236 g/mol.